The number of likely N-dealkylation sites (N-methyl/N-ethyl adjacent to an activating group) is 2. The number of hydrogen-bond acceptors (Lipinski definition) is 7. The number of rotatable bonds is 8. The number of fused-ring (bicyclic) bond motifs is 1. The Morgan fingerprint density at radius 2 is 1.97 bits per heavy atom. The summed E-state index contributed by atoms with van der Waals surface area (Å²) in [4.78, 5) is 38.6. The quantitative estimate of drug-likeness (QED) is 0.361. The lowest BCUT2D eigenvalue weighted by Crippen LogP contribution is -2.33. The van der Waals surface area contributed by atoms with Crippen molar-refractivity contribution in [2.45, 2.75) is 17.8 Å². The molecule has 1 atom stereocenters. The molecule has 2 amide bonds. The standard InChI is InChI=1S/C26H29N5O4S/c1-29-12-13-31(24(32)21-15-27-25(36-3)28-23(21)29)16-18-8-7-11-20(14-18)35-22(17-30(2)26(33)34)19-9-5-4-6-10-19/h4-11,14-15,22H,12-13,16-17H2,1-3H3,(H,33,34). The molecule has 10 heteroatoms. The Morgan fingerprint density at radius 3 is 2.69 bits per heavy atom. The minimum absolute atomic E-state index is 0.112. The summed E-state index contributed by atoms with van der Waals surface area (Å²) in [7, 11) is 3.45. The smallest absolute Gasteiger partial charge is 0.407 e. The minimum Gasteiger partial charge on any atom is -0.484 e. The van der Waals surface area contributed by atoms with Gasteiger partial charge < -0.3 is 24.5 Å². The van der Waals surface area contributed by atoms with Crippen LogP contribution in [0.3, 0.4) is 0 Å². The molecule has 4 rings (SSSR count). The Labute approximate surface area is 214 Å². The molecule has 1 unspecified atom stereocenters. The molecule has 3 aromatic rings. The fourth-order valence-electron chi connectivity index (χ4n) is 4.00. The second-order valence-electron chi connectivity index (χ2n) is 8.57. The first-order valence-electron chi connectivity index (χ1n) is 11.5. The summed E-state index contributed by atoms with van der Waals surface area (Å²) in [5.74, 6) is 1.14. The number of nitrogens with zero attached hydrogens (tertiary/aromatic N) is 5. The molecule has 1 aromatic heterocycles. The summed E-state index contributed by atoms with van der Waals surface area (Å²) in [5.41, 5.74) is 2.27. The zero-order valence-electron chi connectivity index (χ0n) is 20.5. The van der Waals surface area contributed by atoms with Crippen LogP contribution < -0.4 is 9.64 Å². The molecule has 0 bridgehead atoms. The fraction of sp³-hybridized carbons (Fsp3) is 0.308. The van der Waals surface area contributed by atoms with Crippen LogP contribution in [0, 0.1) is 0 Å². The lowest BCUT2D eigenvalue weighted by atomic mass is 10.1. The van der Waals surface area contributed by atoms with Crippen molar-refractivity contribution in [3.63, 3.8) is 0 Å². The third-order valence-electron chi connectivity index (χ3n) is 6.00. The van der Waals surface area contributed by atoms with Crippen molar-refractivity contribution in [2.75, 3.05) is 44.9 Å². The van der Waals surface area contributed by atoms with Crippen molar-refractivity contribution in [1.82, 2.24) is 19.8 Å². The maximum absolute atomic E-state index is 13.3. The van der Waals surface area contributed by atoms with Gasteiger partial charge in [0.25, 0.3) is 5.91 Å². The largest absolute Gasteiger partial charge is 0.484 e. The highest BCUT2D eigenvalue weighted by Crippen LogP contribution is 2.27. The Balaban J connectivity index is 1.53. The van der Waals surface area contributed by atoms with Gasteiger partial charge in [0.15, 0.2) is 5.16 Å². The maximum Gasteiger partial charge on any atom is 0.407 e. The van der Waals surface area contributed by atoms with E-state index in [-0.39, 0.29) is 12.5 Å². The van der Waals surface area contributed by atoms with Crippen LogP contribution in [0.4, 0.5) is 10.6 Å². The van der Waals surface area contributed by atoms with Gasteiger partial charge in [0.1, 0.15) is 23.2 Å². The number of carbonyl (C=O) groups excluding carboxylic acids is 1. The summed E-state index contributed by atoms with van der Waals surface area (Å²) in [6.07, 6.45) is 2.01. The summed E-state index contributed by atoms with van der Waals surface area (Å²) < 4.78 is 6.26. The Kier molecular flexibility index (Phi) is 7.94. The number of benzene rings is 2. The molecule has 0 fully saturated rings. The van der Waals surface area contributed by atoms with E-state index in [1.807, 2.05) is 72.8 Å². The number of amides is 2. The van der Waals surface area contributed by atoms with Crippen LogP contribution in [0.1, 0.15) is 27.6 Å². The third kappa shape index (κ3) is 5.88. The molecule has 1 N–H and O–H groups in total. The van der Waals surface area contributed by atoms with E-state index in [1.165, 1.54) is 23.7 Å². The fourth-order valence-corrected chi connectivity index (χ4v) is 4.34. The van der Waals surface area contributed by atoms with Crippen LogP contribution >= 0.6 is 11.8 Å². The molecule has 1 aliphatic rings. The molecule has 0 radical (unpaired) electrons. The Morgan fingerprint density at radius 1 is 1.19 bits per heavy atom. The number of aromatic nitrogens is 2. The van der Waals surface area contributed by atoms with Crippen LogP contribution in [0.5, 0.6) is 5.75 Å². The average molecular weight is 508 g/mol. The predicted molar refractivity (Wildman–Crippen MR) is 139 cm³/mol. The molecular weight excluding hydrogens is 478 g/mol. The van der Waals surface area contributed by atoms with Crippen molar-refractivity contribution in [1.29, 1.82) is 0 Å². The molecular formula is C26H29N5O4S. The third-order valence-corrected chi connectivity index (χ3v) is 6.56. The van der Waals surface area contributed by atoms with Gasteiger partial charge in [-0.15, -0.1) is 0 Å². The molecule has 2 aromatic carbocycles. The first-order valence-corrected chi connectivity index (χ1v) is 12.7. The highest BCUT2D eigenvalue weighted by Gasteiger charge is 2.27. The number of hydrogen-bond donors (Lipinski definition) is 1. The average Bonchev–Trinajstić information content (AvgIpc) is 3.00. The number of carbonyl (C=O) groups is 2. The van der Waals surface area contributed by atoms with Gasteiger partial charge in [0, 0.05) is 39.9 Å². The number of carboxylic acid groups (broad SMARTS) is 1. The lowest BCUT2D eigenvalue weighted by molar-refractivity contribution is 0.0754. The number of thioether (sulfide) groups is 1. The number of ether oxygens (including phenoxy) is 1. The maximum atomic E-state index is 13.3. The van der Waals surface area contributed by atoms with Crippen LogP contribution in [-0.4, -0.2) is 76.9 Å². The second-order valence-corrected chi connectivity index (χ2v) is 9.34. The molecule has 0 spiro atoms. The summed E-state index contributed by atoms with van der Waals surface area (Å²) in [6.45, 7) is 1.77. The van der Waals surface area contributed by atoms with Gasteiger partial charge in [-0.25, -0.2) is 14.8 Å². The Bertz CT molecular complexity index is 1230. The Hall–Kier alpha value is -3.79. The van der Waals surface area contributed by atoms with Gasteiger partial charge in [0.05, 0.1) is 6.54 Å². The van der Waals surface area contributed by atoms with Crippen LogP contribution in [0.2, 0.25) is 0 Å². The van der Waals surface area contributed by atoms with E-state index in [4.69, 9.17) is 4.74 Å². The van der Waals surface area contributed by atoms with E-state index in [0.717, 1.165) is 11.1 Å². The molecule has 0 aliphatic carbocycles. The van der Waals surface area contributed by atoms with E-state index < -0.39 is 12.2 Å². The van der Waals surface area contributed by atoms with Gasteiger partial charge in [-0.1, -0.05) is 54.2 Å². The first-order chi connectivity index (χ1) is 17.4. The zero-order chi connectivity index (χ0) is 25.7. The van der Waals surface area contributed by atoms with E-state index in [0.29, 0.717) is 41.9 Å². The van der Waals surface area contributed by atoms with E-state index >= 15 is 0 Å². The van der Waals surface area contributed by atoms with Crippen molar-refractivity contribution >= 4 is 29.6 Å². The van der Waals surface area contributed by atoms with Gasteiger partial charge in [-0.2, -0.15) is 0 Å². The summed E-state index contributed by atoms with van der Waals surface area (Å²) >= 11 is 1.44. The molecule has 188 valence electrons. The zero-order valence-corrected chi connectivity index (χ0v) is 21.3. The molecule has 1 aliphatic heterocycles. The van der Waals surface area contributed by atoms with Crippen molar-refractivity contribution in [2.24, 2.45) is 0 Å². The van der Waals surface area contributed by atoms with Crippen molar-refractivity contribution in [3.05, 3.63) is 77.5 Å². The minimum atomic E-state index is -1.02. The van der Waals surface area contributed by atoms with E-state index in [9.17, 15) is 14.7 Å². The number of anilines is 1. The van der Waals surface area contributed by atoms with Gasteiger partial charge in [-0.3, -0.25) is 4.79 Å². The first kappa shape index (κ1) is 25.3. The topological polar surface area (TPSA) is 99.1 Å². The van der Waals surface area contributed by atoms with Crippen LogP contribution in [-0.2, 0) is 6.54 Å². The molecule has 2 heterocycles. The highest BCUT2D eigenvalue weighted by atomic mass is 32.2. The molecule has 9 nitrogen and oxygen atoms in total. The SMILES string of the molecule is CSc1ncc2c(n1)N(C)CCN(Cc1cccc(OC(CN(C)C(=O)O)c3ccccc3)c1)C2=O. The van der Waals surface area contributed by atoms with Gasteiger partial charge in [-0.05, 0) is 29.5 Å². The summed E-state index contributed by atoms with van der Waals surface area (Å²) in [5, 5.41) is 9.99. The highest BCUT2D eigenvalue weighted by molar-refractivity contribution is 7.98. The predicted octanol–water partition coefficient (Wildman–Crippen LogP) is 4.02. The van der Waals surface area contributed by atoms with E-state index in [1.54, 1.807) is 11.1 Å². The van der Waals surface area contributed by atoms with E-state index in [2.05, 4.69) is 9.97 Å². The monoisotopic (exact) mass is 507 g/mol. The lowest BCUT2D eigenvalue weighted by Gasteiger charge is -2.25. The molecule has 0 saturated heterocycles. The van der Waals surface area contributed by atoms with Gasteiger partial charge >= 0.3 is 6.09 Å². The summed E-state index contributed by atoms with van der Waals surface area (Å²) in [6, 6.07) is 17.1. The normalized spacial score (nSPS) is 14.1. The van der Waals surface area contributed by atoms with Crippen molar-refractivity contribution in [3.8, 4) is 5.75 Å². The molecule has 36 heavy (non-hydrogen) atoms. The van der Waals surface area contributed by atoms with Crippen LogP contribution in [0.15, 0.2) is 66.0 Å². The van der Waals surface area contributed by atoms with Crippen molar-refractivity contribution < 1.29 is 19.4 Å². The van der Waals surface area contributed by atoms with Crippen LogP contribution in [0.25, 0.3) is 0 Å². The molecule has 0 saturated carbocycles. The second kappa shape index (κ2) is 11.3. The van der Waals surface area contributed by atoms with Gasteiger partial charge in [0.2, 0.25) is 0 Å².